The molecule has 0 spiro atoms. The number of ketones is 1. The zero-order valence-electron chi connectivity index (χ0n) is 14.0. The molecule has 4 nitrogen and oxygen atoms in total. The number of para-hydroxylation sites is 1. The van der Waals surface area contributed by atoms with Crippen molar-refractivity contribution in [3.05, 3.63) is 87.8 Å². The lowest BCUT2D eigenvalue weighted by atomic mass is 10.1. The van der Waals surface area contributed by atoms with E-state index >= 15 is 0 Å². The number of nitrogens with zero attached hydrogens (tertiary/aromatic N) is 2. The largest absolute Gasteiger partial charge is 0.293 e. The highest BCUT2D eigenvalue weighted by atomic mass is 32.2. The summed E-state index contributed by atoms with van der Waals surface area (Å²) in [5, 5.41) is 2.83. The number of carbonyl (C=O) groups is 1. The monoisotopic (exact) mass is 396 g/mol. The zero-order chi connectivity index (χ0) is 18.8. The number of thioether (sulfide) groups is 1. The first-order valence-corrected chi connectivity index (χ1v) is 9.97. The third-order valence-corrected chi connectivity index (χ3v) is 5.72. The first-order chi connectivity index (χ1) is 13.1. The van der Waals surface area contributed by atoms with Crippen molar-refractivity contribution >= 4 is 39.1 Å². The maximum atomic E-state index is 13.0. The number of fused-ring (bicyclic) bond motifs is 1. The van der Waals surface area contributed by atoms with Crippen molar-refractivity contribution in [3.63, 3.8) is 0 Å². The molecule has 0 radical (unpaired) electrons. The number of hydrogen-bond donors (Lipinski definition) is 0. The van der Waals surface area contributed by atoms with Gasteiger partial charge in [0.2, 0.25) is 0 Å². The molecule has 0 atom stereocenters. The molecular formula is C20H13FN2O2S2. The highest BCUT2D eigenvalue weighted by Gasteiger charge is 2.16. The van der Waals surface area contributed by atoms with E-state index in [0.717, 1.165) is 0 Å². The molecule has 0 aliphatic carbocycles. The fourth-order valence-electron chi connectivity index (χ4n) is 2.65. The summed E-state index contributed by atoms with van der Waals surface area (Å²) >= 11 is 2.58. The second-order valence-electron chi connectivity index (χ2n) is 5.73. The van der Waals surface area contributed by atoms with Gasteiger partial charge in [0, 0.05) is 5.56 Å². The summed E-state index contributed by atoms with van der Waals surface area (Å²) in [6, 6.07) is 16.4. The van der Waals surface area contributed by atoms with Gasteiger partial charge in [-0.3, -0.25) is 14.2 Å². The van der Waals surface area contributed by atoms with Crippen LogP contribution in [0.4, 0.5) is 4.39 Å². The molecule has 2 heterocycles. The van der Waals surface area contributed by atoms with Crippen LogP contribution in [0.3, 0.4) is 0 Å². The SMILES string of the molecule is O=C(CSc1nc2sccc2c(=O)n1-c1ccccc1)c1ccc(F)cc1. The number of hydrogen-bond acceptors (Lipinski definition) is 5. The van der Waals surface area contributed by atoms with Crippen LogP contribution in [0.1, 0.15) is 10.4 Å². The fraction of sp³-hybridized carbons (Fsp3) is 0.0500. The second-order valence-corrected chi connectivity index (χ2v) is 7.57. The Morgan fingerprint density at radius 3 is 2.56 bits per heavy atom. The second kappa shape index (κ2) is 7.46. The maximum Gasteiger partial charge on any atom is 0.267 e. The van der Waals surface area contributed by atoms with Gasteiger partial charge in [-0.15, -0.1) is 11.3 Å². The van der Waals surface area contributed by atoms with E-state index in [-0.39, 0.29) is 22.9 Å². The minimum Gasteiger partial charge on any atom is -0.293 e. The van der Waals surface area contributed by atoms with E-state index in [2.05, 4.69) is 4.98 Å². The molecule has 0 bridgehead atoms. The van der Waals surface area contributed by atoms with Gasteiger partial charge in [-0.25, -0.2) is 9.37 Å². The third-order valence-electron chi connectivity index (χ3n) is 3.98. The van der Waals surface area contributed by atoms with Gasteiger partial charge in [-0.1, -0.05) is 30.0 Å². The molecule has 7 heteroatoms. The summed E-state index contributed by atoms with van der Waals surface area (Å²) in [5.41, 5.74) is 0.957. The van der Waals surface area contributed by atoms with Crippen molar-refractivity contribution in [1.82, 2.24) is 9.55 Å². The number of carbonyl (C=O) groups excluding carboxylic acids is 1. The Balaban J connectivity index is 1.71. The van der Waals surface area contributed by atoms with Crippen molar-refractivity contribution in [1.29, 1.82) is 0 Å². The zero-order valence-corrected chi connectivity index (χ0v) is 15.6. The number of rotatable bonds is 5. The molecule has 0 N–H and O–H groups in total. The Kier molecular flexibility index (Phi) is 4.87. The number of thiophene rings is 1. The molecule has 4 rings (SSSR count). The predicted octanol–water partition coefficient (Wildman–Crippen LogP) is 4.56. The number of aromatic nitrogens is 2. The Hall–Kier alpha value is -2.77. The quantitative estimate of drug-likeness (QED) is 0.282. The van der Waals surface area contributed by atoms with E-state index in [0.29, 0.717) is 26.6 Å². The van der Waals surface area contributed by atoms with E-state index in [1.165, 1.54) is 51.9 Å². The Bertz CT molecular complexity index is 1170. The summed E-state index contributed by atoms with van der Waals surface area (Å²) in [5.74, 6) is -0.441. The van der Waals surface area contributed by atoms with Crippen LogP contribution in [0.15, 0.2) is 76.0 Å². The molecule has 134 valence electrons. The minimum absolute atomic E-state index is 0.0990. The van der Waals surface area contributed by atoms with Gasteiger partial charge < -0.3 is 0 Å². The number of benzene rings is 2. The topological polar surface area (TPSA) is 52.0 Å². The predicted molar refractivity (Wildman–Crippen MR) is 107 cm³/mol. The van der Waals surface area contributed by atoms with Crippen LogP contribution in [0, 0.1) is 5.82 Å². The van der Waals surface area contributed by atoms with Crippen LogP contribution < -0.4 is 5.56 Å². The van der Waals surface area contributed by atoms with Crippen molar-refractivity contribution in [3.8, 4) is 5.69 Å². The van der Waals surface area contributed by atoms with Crippen molar-refractivity contribution in [2.24, 2.45) is 0 Å². The van der Waals surface area contributed by atoms with Crippen LogP contribution >= 0.6 is 23.1 Å². The molecule has 0 amide bonds. The van der Waals surface area contributed by atoms with Crippen LogP contribution in [-0.4, -0.2) is 21.1 Å². The maximum absolute atomic E-state index is 13.0. The number of halogens is 1. The van der Waals surface area contributed by atoms with Gasteiger partial charge >= 0.3 is 0 Å². The van der Waals surface area contributed by atoms with Crippen molar-refractivity contribution < 1.29 is 9.18 Å². The lowest BCUT2D eigenvalue weighted by Gasteiger charge is -2.11. The Morgan fingerprint density at radius 1 is 1.07 bits per heavy atom. The molecule has 2 aromatic carbocycles. The van der Waals surface area contributed by atoms with Gasteiger partial charge in [-0.2, -0.15) is 0 Å². The fourth-order valence-corrected chi connectivity index (χ4v) is 4.36. The molecule has 0 fully saturated rings. The highest BCUT2D eigenvalue weighted by molar-refractivity contribution is 7.99. The summed E-state index contributed by atoms with van der Waals surface area (Å²) in [7, 11) is 0. The average molecular weight is 396 g/mol. The summed E-state index contributed by atoms with van der Waals surface area (Å²) in [4.78, 5) is 30.6. The lowest BCUT2D eigenvalue weighted by Crippen LogP contribution is -2.21. The van der Waals surface area contributed by atoms with E-state index in [4.69, 9.17) is 0 Å². The lowest BCUT2D eigenvalue weighted by molar-refractivity contribution is 0.102. The van der Waals surface area contributed by atoms with Gasteiger partial charge in [-0.05, 0) is 47.8 Å². The first kappa shape index (κ1) is 17.6. The molecule has 0 unspecified atom stereocenters. The smallest absolute Gasteiger partial charge is 0.267 e. The average Bonchev–Trinajstić information content (AvgIpc) is 3.16. The first-order valence-electron chi connectivity index (χ1n) is 8.11. The molecular weight excluding hydrogens is 383 g/mol. The van der Waals surface area contributed by atoms with E-state index < -0.39 is 0 Å². The highest BCUT2D eigenvalue weighted by Crippen LogP contribution is 2.24. The Labute approximate surface area is 162 Å². The summed E-state index contributed by atoms with van der Waals surface area (Å²) < 4.78 is 14.6. The van der Waals surface area contributed by atoms with Gasteiger partial charge in [0.1, 0.15) is 10.6 Å². The summed E-state index contributed by atoms with van der Waals surface area (Å²) in [6.07, 6.45) is 0. The van der Waals surface area contributed by atoms with Gasteiger partial charge in [0.25, 0.3) is 5.56 Å². The van der Waals surface area contributed by atoms with Gasteiger partial charge in [0.15, 0.2) is 10.9 Å². The Morgan fingerprint density at radius 2 is 1.81 bits per heavy atom. The van der Waals surface area contributed by atoms with Crippen LogP contribution in [0.25, 0.3) is 15.9 Å². The molecule has 0 saturated carbocycles. The molecule has 0 saturated heterocycles. The minimum atomic E-state index is -0.387. The molecule has 0 aliphatic rings. The van der Waals surface area contributed by atoms with E-state index in [1.54, 1.807) is 6.07 Å². The standard InChI is InChI=1S/C20H13FN2O2S2/c21-14-8-6-13(7-9-14)17(24)12-27-20-22-18-16(10-11-26-18)19(25)23(20)15-4-2-1-3-5-15/h1-11H,12H2. The third kappa shape index (κ3) is 3.56. The van der Waals surface area contributed by atoms with Crippen LogP contribution in [-0.2, 0) is 0 Å². The van der Waals surface area contributed by atoms with Crippen LogP contribution in [0.5, 0.6) is 0 Å². The van der Waals surface area contributed by atoms with Gasteiger partial charge in [0.05, 0.1) is 16.8 Å². The number of Topliss-reactive ketones (excluding diaryl/α,β-unsaturated/α-hetero) is 1. The molecule has 2 aromatic heterocycles. The van der Waals surface area contributed by atoms with E-state index in [1.807, 2.05) is 35.7 Å². The van der Waals surface area contributed by atoms with Crippen LogP contribution in [0.2, 0.25) is 0 Å². The normalized spacial score (nSPS) is 11.0. The van der Waals surface area contributed by atoms with E-state index in [9.17, 15) is 14.0 Å². The van der Waals surface area contributed by atoms with Crippen molar-refractivity contribution in [2.45, 2.75) is 5.16 Å². The van der Waals surface area contributed by atoms with Crippen molar-refractivity contribution in [2.75, 3.05) is 5.75 Å². The molecule has 0 aliphatic heterocycles. The molecule has 4 aromatic rings. The summed E-state index contributed by atoms with van der Waals surface area (Å²) in [6.45, 7) is 0. The molecule has 27 heavy (non-hydrogen) atoms.